The van der Waals surface area contributed by atoms with Crippen LogP contribution in [0.5, 0.6) is 0 Å². The molecule has 0 amide bonds. The average Bonchev–Trinajstić information content (AvgIpc) is 3.47. The summed E-state index contributed by atoms with van der Waals surface area (Å²) in [5.41, 5.74) is 0.924. The largest absolute Gasteiger partial charge is 0.467 e. The highest BCUT2D eigenvalue weighted by Gasteiger charge is 2.18. The summed E-state index contributed by atoms with van der Waals surface area (Å²) in [6.45, 7) is 3.31. The van der Waals surface area contributed by atoms with Crippen molar-refractivity contribution in [1.82, 2.24) is 24.2 Å². The van der Waals surface area contributed by atoms with Gasteiger partial charge in [-0.3, -0.25) is 14.5 Å². The Morgan fingerprint density at radius 3 is 2.82 bits per heavy atom. The molecule has 0 saturated heterocycles. The van der Waals surface area contributed by atoms with Crippen LogP contribution in [0.25, 0.3) is 11.4 Å². The van der Waals surface area contributed by atoms with Crippen LogP contribution in [0.3, 0.4) is 0 Å². The van der Waals surface area contributed by atoms with Crippen LogP contribution in [0.4, 0.5) is 0 Å². The molecule has 0 bridgehead atoms. The Labute approximate surface area is 172 Å². The van der Waals surface area contributed by atoms with Gasteiger partial charge in [-0.15, -0.1) is 11.3 Å². The predicted octanol–water partition coefficient (Wildman–Crippen LogP) is 4.83. The molecular formula is C20H21N5OS2. The zero-order chi connectivity index (χ0) is 19.5. The molecule has 4 aromatic rings. The molecule has 0 aliphatic carbocycles. The quantitative estimate of drug-likeness (QED) is 0.408. The molecule has 0 aliphatic rings. The molecule has 4 rings (SSSR count). The molecule has 0 spiro atoms. The van der Waals surface area contributed by atoms with E-state index in [0.717, 1.165) is 17.1 Å². The normalized spacial score (nSPS) is 12.5. The third kappa shape index (κ3) is 3.84. The molecule has 28 heavy (non-hydrogen) atoms. The number of hydrogen-bond donors (Lipinski definition) is 0. The third-order valence-corrected chi connectivity index (χ3v) is 6.18. The molecular weight excluding hydrogens is 390 g/mol. The van der Waals surface area contributed by atoms with E-state index in [4.69, 9.17) is 21.7 Å². The van der Waals surface area contributed by atoms with Gasteiger partial charge in [0, 0.05) is 28.9 Å². The Bertz CT molecular complexity index is 1070. The van der Waals surface area contributed by atoms with Gasteiger partial charge in [-0.1, -0.05) is 6.07 Å². The van der Waals surface area contributed by atoms with Crippen molar-refractivity contribution in [2.45, 2.75) is 26.2 Å². The number of nitrogens with zero attached hydrogens (tertiary/aromatic N) is 5. The van der Waals surface area contributed by atoms with Crippen molar-refractivity contribution in [3.05, 3.63) is 75.8 Å². The van der Waals surface area contributed by atoms with E-state index in [9.17, 15) is 0 Å². The Balaban J connectivity index is 1.68. The minimum absolute atomic E-state index is 0.277. The second-order valence-corrected chi connectivity index (χ2v) is 7.95. The monoisotopic (exact) mass is 411 g/mol. The van der Waals surface area contributed by atoms with Gasteiger partial charge in [0.1, 0.15) is 5.76 Å². The number of furan rings is 1. The van der Waals surface area contributed by atoms with Crippen molar-refractivity contribution < 1.29 is 4.42 Å². The lowest BCUT2D eigenvalue weighted by Gasteiger charge is -2.23. The summed E-state index contributed by atoms with van der Waals surface area (Å²) in [4.78, 5) is 7.78. The SMILES string of the molecule is C[C@@H](c1cccs1)N(C)Cn1nc(-c2cccnc2)n(Cc2ccco2)c1=S. The van der Waals surface area contributed by atoms with Gasteiger partial charge in [0.2, 0.25) is 0 Å². The molecule has 0 fully saturated rings. The first-order valence-electron chi connectivity index (χ1n) is 8.97. The van der Waals surface area contributed by atoms with E-state index in [2.05, 4.69) is 41.4 Å². The fraction of sp³-hybridized carbons (Fsp3) is 0.250. The zero-order valence-corrected chi connectivity index (χ0v) is 17.4. The topological polar surface area (TPSA) is 52.0 Å². The Morgan fingerprint density at radius 1 is 1.25 bits per heavy atom. The van der Waals surface area contributed by atoms with Crippen LogP contribution in [-0.2, 0) is 13.2 Å². The summed E-state index contributed by atoms with van der Waals surface area (Å²) in [6.07, 6.45) is 5.23. The number of hydrogen-bond acceptors (Lipinski definition) is 6. The maximum atomic E-state index is 5.77. The summed E-state index contributed by atoms with van der Waals surface area (Å²) in [7, 11) is 2.08. The zero-order valence-electron chi connectivity index (χ0n) is 15.7. The molecule has 0 aromatic carbocycles. The molecule has 0 aliphatic heterocycles. The van der Waals surface area contributed by atoms with Crippen molar-refractivity contribution in [2.75, 3.05) is 7.05 Å². The van der Waals surface area contributed by atoms with Gasteiger partial charge in [-0.25, -0.2) is 4.68 Å². The number of pyridine rings is 1. The minimum atomic E-state index is 0.277. The predicted molar refractivity (Wildman–Crippen MR) is 113 cm³/mol. The molecule has 0 unspecified atom stereocenters. The van der Waals surface area contributed by atoms with Gasteiger partial charge in [0.25, 0.3) is 0 Å². The molecule has 0 N–H and O–H groups in total. The van der Waals surface area contributed by atoms with Gasteiger partial charge in [0.05, 0.1) is 19.5 Å². The summed E-state index contributed by atoms with van der Waals surface area (Å²) < 4.78 is 10.0. The van der Waals surface area contributed by atoms with E-state index >= 15 is 0 Å². The van der Waals surface area contributed by atoms with Gasteiger partial charge >= 0.3 is 0 Å². The molecule has 0 saturated carbocycles. The van der Waals surface area contributed by atoms with E-state index in [1.807, 2.05) is 33.5 Å². The maximum Gasteiger partial charge on any atom is 0.199 e. The van der Waals surface area contributed by atoms with Gasteiger partial charge < -0.3 is 4.42 Å². The van der Waals surface area contributed by atoms with Crippen LogP contribution < -0.4 is 0 Å². The first-order valence-corrected chi connectivity index (χ1v) is 10.3. The Kier molecular flexibility index (Phi) is 5.52. The summed E-state index contributed by atoms with van der Waals surface area (Å²) >= 11 is 7.53. The van der Waals surface area contributed by atoms with E-state index in [0.29, 0.717) is 18.0 Å². The molecule has 6 nitrogen and oxygen atoms in total. The number of thiophene rings is 1. The van der Waals surface area contributed by atoms with Gasteiger partial charge in [-0.2, -0.15) is 5.10 Å². The lowest BCUT2D eigenvalue weighted by atomic mass is 10.2. The van der Waals surface area contributed by atoms with Crippen LogP contribution in [0, 0.1) is 4.77 Å². The summed E-state index contributed by atoms with van der Waals surface area (Å²) in [5, 5.41) is 6.92. The van der Waals surface area contributed by atoms with Gasteiger partial charge in [-0.05, 0) is 61.9 Å². The standard InChI is InChI=1S/C20H21N5OS2/c1-15(18-8-5-11-28-18)23(2)14-25-20(27)24(13-17-7-4-10-26-17)19(22-25)16-6-3-9-21-12-16/h3-12,15H,13-14H2,1-2H3/t15-/m0/s1. The Morgan fingerprint density at radius 2 is 2.14 bits per heavy atom. The molecule has 8 heteroatoms. The van der Waals surface area contributed by atoms with Crippen LogP contribution in [0.2, 0.25) is 0 Å². The van der Waals surface area contributed by atoms with Crippen LogP contribution >= 0.6 is 23.6 Å². The van der Waals surface area contributed by atoms with E-state index < -0.39 is 0 Å². The average molecular weight is 412 g/mol. The van der Waals surface area contributed by atoms with Crippen LogP contribution in [0.1, 0.15) is 23.6 Å². The van der Waals surface area contributed by atoms with Crippen molar-refractivity contribution >= 4 is 23.6 Å². The lowest BCUT2D eigenvalue weighted by molar-refractivity contribution is 0.197. The fourth-order valence-corrected chi connectivity index (χ4v) is 4.12. The Hall–Kier alpha value is -2.55. The highest BCUT2D eigenvalue weighted by Crippen LogP contribution is 2.25. The van der Waals surface area contributed by atoms with Crippen molar-refractivity contribution in [2.24, 2.45) is 0 Å². The highest BCUT2D eigenvalue weighted by atomic mass is 32.1. The molecule has 4 heterocycles. The van der Waals surface area contributed by atoms with Crippen molar-refractivity contribution in [3.63, 3.8) is 0 Å². The molecule has 4 aromatic heterocycles. The summed E-state index contributed by atoms with van der Waals surface area (Å²) in [6, 6.07) is 12.2. The summed E-state index contributed by atoms with van der Waals surface area (Å²) in [5.74, 6) is 1.62. The molecule has 144 valence electrons. The van der Waals surface area contributed by atoms with Crippen molar-refractivity contribution in [3.8, 4) is 11.4 Å². The van der Waals surface area contributed by atoms with Crippen LogP contribution in [-0.4, -0.2) is 31.3 Å². The fourth-order valence-electron chi connectivity index (χ4n) is 3.02. The molecule has 1 atom stereocenters. The van der Waals surface area contributed by atoms with Crippen molar-refractivity contribution in [1.29, 1.82) is 0 Å². The maximum absolute atomic E-state index is 5.77. The number of rotatable bonds is 7. The van der Waals surface area contributed by atoms with Gasteiger partial charge in [0.15, 0.2) is 10.6 Å². The molecule has 0 radical (unpaired) electrons. The minimum Gasteiger partial charge on any atom is -0.467 e. The van der Waals surface area contributed by atoms with E-state index in [-0.39, 0.29) is 6.04 Å². The number of aromatic nitrogens is 4. The second-order valence-electron chi connectivity index (χ2n) is 6.60. The lowest BCUT2D eigenvalue weighted by Crippen LogP contribution is -2.25. The second kappa shape index (κ2) is 8.22. The highest BCUT2D eigenvalue weighted by molar-refractivity contribution is 7.71. The first kappa shape index (κ1) is 18.8. The first-order chi connectivity index (χ1) is 13.6. The van der Waals surface area contributed by atoms with Crippen LogP contribution in [0.15, 0.2) is 64.9 Å². The van der Waals surface area contributed by atoms with E-state index in [1.54, 1.807) is 30.0 Å². The van der Waals surface area contributed by atoms with E-state index in [1.165, 1.54) is 4.88 Å². The third-order valence-electron chi connectivity index (χ3n) is 4.71. The smallest absolute Gasteiger partial charge is 0.199 e.